The number of fused-ring (bicyclic) bond motifs is 1. The van der Waals surface area contributed by atoms with Crippen molar-refractivity contribution in [2.45, 2.75) is 95.2 Å². The first-order valence-electron chi connectivity index (χ1n) is 12.3. The van der Waals surface area contributed by atoms with E-state index in [9.17, 15) is 4.79 Å². The van der Waals surface area contributed by atoms with Gasteiger partial charge in [-0.3, -0.25) is 4.79 Å². The van der Waals surface area contributed by atoms with Crippen LogP contribution in [-0.4, -0.2) is 23.3 Å². The second kappa shape index (κ2) is 10.1. The van der Waals surface area contributed by atoms with Gasteiger partial charge < -0.3 is 15.0 Å². The third-order valence-corrected chi connectivity index (χ3v) is 7.66. The monoisotopic (exact) mass is 422 g/mol. The molecule has 0 saturated heterocycles. The van der Waals surface area contributed by atoms with Gasteiger partial charge in [0.15, 0.2) is 0 Å². The summed E-state index contributed by atoms with van der Waals surface area (Å²) in [6, 6.07) is 15.0. The van der Waals surface area contributed by atoms with Gasteiger partial charge in [0.1, 0.15) is 0 Å². The Morgan fingerprint density at radius 2 is 1.71 bits per heavy atom. The first kappa shape index (κ1) is 22.3. The van der Waals surface area contributed by atoms with Crippen molar-refractivity contribution in [1.29, 1.82) is 0 Å². The molecular weight excluding hydrogens is 384 g/mol. The second-order valence-electron chi connectivity index (χ2n) is 9.46. The average molecular weight is 423 g/mol. The van der Waals surface area contributed by atoms with Gasteiger partial charge in [0, 0.05) is 17.3 Å². The first-order chi connectivity index (χ1) is 15.1. The van der Waals surface area contributed by atoms with E-state index in [1.54, 1.807) is 0 Å². The molecule has 2 atom stereocenters. The van der Waals surface area contributed by atoms with E-state index in [1.165, 1.54) is 18.4 Å². The molecule has 31 heavy (non-hydrogen) atoms. The van der Waals surface area contributed by atoms with Crippen molar-refractivity contribution in [2.75, 3.05) is 6.61 Å². The van der Waals surface area contributed by atoms with Gasteiger partial charge >= 0.3 is 0 Å². The molecule has 1 saturated carbocycles. The van der Waals surface area contributed by atoms with Crippen molar-refractivity contribution in [3.8, 4) is 0 Å². The maximum Gasteiger partial charge on any atom is 0.254 e. The lowest BCUT2D eigenvalue weighted by atomic mass is 9.83. The van der Waals surface area contributed by atoms with Gasteiger partial charge in [-0.05, 0) is 74.8 Å². The van der Waals surface area contributed by atoms with E-state index >= 15 is 0 Å². The van der Waals surface area contributed by atoms with Crippen LogP contribution < -0.4 is 11.3 Å². The van der Waals surface area contributed by atoms with Crippen LogP contribution >= 0.6 is 0 Å². The third kappa shape index (κ3) is 4.80. The zero-order valence-corrected chi connectivity index (χ0v) is 19.1. The summed E-state index contributed by atoms with van der Waals surface area (Å²) < 4.78 is 8.39. The predicted molar refractivity (Wildman–Crippen MR) is 127 cm³/mol. The fraction of sp³-hybridized carbons (Fsp3) is 0.593. The van der Waals surface area contributed by atoms with E-state index in [-0.39, 0.29) is 23.7 Å². The summed E-state index contributed by atoms with van der Waals surface area (Å²) in [5, 5.41) is 0. The molecule has 2 heterocycles. The number of nitrogens with two attached hydrogens (primary N) is 1. The Morgan fingerprint density at radius 3 is 2.39 bits per heavy atom. The lowest BCUT2D eigenvalue weighted by Crippen LogP contribution is -2.46. The number of rotatable bonds is 7. The van der Waals surface area contributed by atoms with Gasteiger partial charge in [-0.2, -0.15) is 0 Å². The molecule has 0 amide bonds. The fourth-order valence-corrected chi connectivity index (χ4v) is 5.63. The fourth-order valence-electron chi connectivity index (χ4n) is 5.63. The third-order valence-electron chi connectivity index (χ3n) is 7.66. The summed E-state index contributed by atoms with van der Waals surface area (Å²) in [4.78, 5) is 13.4. The molecule has 4 rings (SSSR count). The van der Waals surface area contributed by atoms with E-state index in [0.29, 0.717) is 18.4 Å². The molecule has 4 nitrogen and oxygen atoms in total. The van der Waals surface area contributed by atoms with Crippen LogP contribution in [0.4, 0.5) is 0 Å². The Labute approximate surface area is 186 Å². The summed E-state index contributed by atoms with van der Waals surface area (Å²) in [7, 11) is 0. The van der Waals surface area contributed by atoms with Crippen LogP contribution in [0, 0.1) is 0 Å². The molecule has 168 valence electrons. The van der Waals surface area contributed by atoms with Gasteiger partial charge in [-0.1, -0.05) is 50.2 Å². The summed E-state index contributed by atoms with van der Waals surface area (Å²) in [6.45, 7) is 4.87. The number of ether oxygens (including phenoxy) is 1. The molecular formula is C27H38N2O2. The Bertz CT molecular complexity index is 895. The molecule has 1 fully saturated rings. The SMILES string of the molecule is CCC(CC)c1ccc2n(c1=O)C(COC1CCC(c3ccccc3)CC1)C(N)CC2. The van der Waals surface area contributed by atoms with E-state index in [1.807, 2.05) is 4.57 Å². The Morgan fingerprint density at radius 1 is 1.00 bits per heavy atom. The number of nitrogens with zero attached hydrogens (tertiary/aromatic N) is 1. The smallest absolute Gasteiger partial charge is 0.254 e. The normalized spacial score (nSPS) is 26.1. The van der Waals surface area contributed by atoms with Crippen LogP contribution in [0.1, 0.15) is 93.5 Å². The highest BCUT2D eigenvalue weighted by atomic mass is 16.5. The van der Waals surface area contributed by atoms with Gasteiger partial charge in [0.2, 0.25) is 0 Å². The number of benzene rings is 1. The highest BCUT2D eigenvalue weighted by Gasteiger charge is 2.31. The number of hydrogen-bond acceptors (Lipinski definition) is 3. The minimum absolute atomic E-state index is 0.0252. The van der Waals surface area contributed by atoms with Gasteiger partial charge in [-0.25, -0.2) is 0 Å². The Hall–Kier alpha value is -1.91. The molecule has 0 bridgehead atoms. The summed E-state index contributed by atoms with van der Waals surface area (Å²) in [5.74, 6) is 0.960. The maximum absolute atomic E-state index is 13.4. The van der Waals surface area contributed by atoms with Gasteiger partial charge in [0.25, 0.3) is 5.56 Å². The molecule has 1 aromatic heterocycles. The Kier molecular flexibility index (Phi) is 7.29. The summed E-state index contributed by atoms with van der Waals surface area (Å²) >= 11 is 0. The summed E-state index contributed by atoms with van der Waals surface area (Å²) in [5.41, 5.74) is 10.2. The van der Waals surface area contributed by atoms with Gasteiger partial charge in [-0.15, -0.1) is 0 Å². The van der Waals surface area contributed by atoms with Crippen molar-refractivity contribution in [3.05, 3.63) is 69.6 Å². The van der Waals surface area contributed by atoms with Crippen LogP contribution in [0.5, 0.6) is 0 Å². The zero-order valence-electron chi connectivity index (χ0n) is 19.1. The molecule has 0 radical (unpaired) electrons. The van der Waals surface area contributed by atoms with Crippen molar-refractivity contribution in [2.24, 2.45) is 5.73 Å². The van der Waals surface area contributed by atoms with Crippen molar-refractivity contribution < 1.29 is 4.74 Å². The zero-order chi connectivity index (χ0) is 21.8. The highest BCUT2D eigenvalue weighted by Crippen LogP contribution is 2.34. The van der Waals surface area contributed by atoms with Crippen molar-refractivity contribution >= 4 is 0 Å². The molecule has 2 unspecified atom stereocenters. The standard InChI is InChI=1S/C27H38N2O2/c1-3-19(4-2)24-16-12-22-13-17-25(28)26(29(22)27(24)30)18-31-23-14-10-21(11-15-23)20-8-6-5-7-9-20/h5-9,12,16,19,21,23,25-26H,3-4,10-11,13-15,17-18,28H2,1-2H3. The Balaban J connectivity index is 1.44. The number of pyridine rings is 1. The van der Waals surface area contributed by atoms with E-state index in [0.717, 1.165) is 49.8 Å². The minimum atomic E-state index is -0.0580. The highest BCUT2D eigenvalue weighted by molar-refractivity contribution is 5.23. The molecule has 2 N–H and O–H groups in total. The molecule has 4 heteroatoms. The molecule has 2 aromatic rings. The first-order valence-corrected chi connectivity index (χ1v) is 12.3. The lowest BCUT2D eigenvalue weighted by molar-refractivity contribution is -0.000615. The largest absolute Gasteiger partial charge is 0.376 e. The average Bonchev–Trinajstić information content (AvgIpc) is 2.81. The maximum atomic E-state index is 13.4. The van der Waals surface area contributed by atoms with Crippen molar-refractivity contribution in [1.82, 2.24) is 4.57 Å². The molecule has 2 aliphatic rings. The van der Waals surface area contributed by atoms with Crippen LogP contribution in [0.2, 0.25) is 0 Å². The lowest BCUT2D eigenvalue weighted by Gasteiger charge is -2.36. The van der Waals surface area contributed by atoms with E-state index in [4.69, 9.17) is 10.5 Å². The number of aryl methyl sites for hydroxylation is 1. The van der Waals surface area contributed by atoms with Crippen LogP contribution in [0.3, 0.4) is 0 Å². The van der Waals surface area contributed by atoms with E-state index in [2.05, 4.69) is 56.3 Å². The quantitative estimate of drug-likeness (QED) is 0.658. The second-order valence-corrected chi connectivity index (χ2v) is 9.46. The molecule has 1 aliphatic heterocycles. The topological polar surface area (TPSA) is 57.2 Å². The molecule has 1 aliphatic carbocycles. The molecule has 0 spiro atoms. The van der Waals surface area contributed by atoms with E-state index < -0.39 is 0 Å². The molecule has 1 aromatic carbocycles. The number of aromatic nitrogens is 1. The van der Waals surface area contributed by atoms with Crippen molar-refractivity contribution in [3.63, 3.8) is 0 Å². The van der Waals surface area contributed by atoms with Crippen LogP contribution in [-0.2, 0) is 11.2 Å². The minimum Gasteiger partial charge on any atom is -0.376 e. The van der Waals surface area contributed by atoms with Crippen LogP contribution in [0.25, 0.3) is 0 Å². The predicted octanol–water partition coefficient (Wildman–Crippen LogP) is 5.31. The summed E-state index contributed by atoms with van der Waals surface area (Å²) in [6.07, 6.45) is 8.54. The number of hydrogen-bond donors (Lipinski definition) is 1. The van der Waals surface area contributed by atoms with Gasteiger partial charge in [0.05, 0.1) is 18.8 Å². The van der Waals surface area contributed by atoms with Crippen LogP contribution in [0.15, 0.2) is 47.3 Å².